The quantitative estimate of drug-likeness (QED) is 0.792. The minimum absolute atomic E-state index is 0.0440. The summed E-state index contributed by atoms with van der Waals surface area (Å²) in [6.45, 7) is 1.53. The Bertz CT molecular complexity index is 588. The van der Waals surface area contributed by atoms with Gasteiger partial charge in [-0.1, -0.05) is 0 Å². The van der Waals surface area contributed by atoms with Gasteiger partial charge in [0, 0.05) is 9.75 Å². The summed E-state index contributed by atoms with van der Waals surface area (Å²) in [6, 6.07) is 1.41. The molecule has 2 N–H and O–H groups in total. The van der Waals surface area contributed by atoms with Gasteiger partial charge < -0.3 is 10.2 Å². The van der Waals surface area contributed by atoms with Gasteiger partial charge in [0.15, 0.2) is 0 Å². The molecule has 0 amide bonds. The lowest BCUT2D eigenvalue weighted by Crippen LogP contribution is -2.39. The lowest BCUT2D eigenvalue weighted by molar-refractivity contribution is -0.139. The number of nitrogens with zero attached hydrogens (tertiary/aromatic N) is 1. The molecule has 0 radical (unpaired) electrons. The third-order valence-electron chi connectivity index (χ3n) is 2.24. The maximum absolute atomic E-state index is 12.2. The predicted molar refractivity (Wildman–Crippen MR) is 67.8 cm³/mol. The van der Waals surface area contributed by atoms with Crippen LogP contribution in [0.2, 0.25) is 0 Å². The molecule has 1 aromatic rings. The van der Waals surface area contributed by atoms with Crippen LogP contribution in [0, 0.1) is 13.8 Å². The van der Waals surface area contributed by atoms with E-state index in [9.17, 15) is 18.0 Å². The first-order valence-electron chi connectivity index (χ1n) is 5.15. The monoisotopic (exact) mass is 307 g/mol. The van der Waals surface area contributed by atoms with E-state index in [0.29, 0.717) is 9.18 Å². The lowest BCUT2D eigenvalue weighted by Gasteiger charge is -2.17. The summed E-state index contributed by atoms with van der Waals surface area (Å²) in [7, 11) is -4.12. The van der Waals surface area contributed by atoms with E-state index in [0.717, 1.165) is 4.88 Å². The maximum atomic E-state index is 12.2. The third kappa shape index (κ3) is 3.75. The van der Waals surface area contributed by atoms with Gasteiger partial charge in [-0.25, -0.2) is 8.42 Å². The van der Waals surface area contributed by atoms with Crippen molar-refractivity contribution in [3.63, 3.8) is 0 Å². The topological polar surface area (TPSA) is 112 Å². The molecule has 1 aromatic heterocycles. The van der Waals surface area contributed by atoms with Crippen LogP contribution in [0.15, 0.2) is 11.0 Å². The number of sulfonamides is 1. The molecule has 9 heteroatoms. The molecule has 0 atom stereocenters. The van der Waals surface area contributed by atoms with E-state index in [4.69, 9.17) is 10.2 Å². The van der Waals surface area contributed by atoms with Gasteiger partial charge in [-0.2, -0.15) is 4.31 Å². The average Bonchev–Trinajstić information content (AvgIpc) is 2.56. The molecule has 0 aliphatic rings. The highest BCUT2D eigenvalue weighted by Crippen LogP contribution is 2.27. The summed E-state index contributed by atoms with van der Waals surface area (Å²) < 4.78 is 24.9. The van der Waals surface area contributed by atoms with Crippen LogP contribution >= 0.6 is 11.3 Å². The summed E-state index contributed by atoms with van der Waals surface area (Å²) in [4.78, 5) is 22.5. The Labute approximate surface area is 114 Å². The first-order chi connectivity index (χ1) is 8.64. The lowest BCUT2D eigenvalue weighted by atomic mass is 10.4. The molecule has 7 nitrogen and oxygen atoms in total. The first-order valence-corrected chi connectivity index (χ1v) is 7.41. The van der Waals surface area contributed by atoms with Crippen LogP contribution in [0.5, 0.6) is 0 Å². The fraction of sp³-hybridized carbons (Fsp3) is 0.400. The second-order valence-corrected chi connectivity index (χ2v) is 7.20. The summed E-state index contributed by atoms with van der Waals surface area (Å²) >= 11 is 1.25. The van der Waals surface area contributed by atoms with Crippen molar-refractivity contribution in [3.05, 3.63) is 15.8 Å². The Morgan fingerprint density at radius 3 is 2.00 bits per heavy atom. The minimum Gasteiger partial charge on any atom is -0.480 e. The van der Waals surface area contributed by atoms with E-state index in [2.05, 4.69) is 0 Å². The van der Waals surface area contributed by atoms with Crippen molar-refractivity contribution in [3.8, 4) is 0 Å². The van der Waals surface area contributed by atoms with Gasteiger partial charge in [-0.15, -0.1) is 11.3 Å². The van der Waals surface area contributed by atoms with Gasteiger partial charge in [0.05, 0.1) is 4.90 Å². The van der Waals surface area contributed by atoms with Crippen LogP contribution in [0.3, 0.4) is 0 Å². The zero-order chi connectivity index (χ0) is 14.8. The predicted octanol–water partition coefficient (Wildman–Crippen LogP) is 0.525. The van der Waals surface area contributed by atoms with Crippen LogP contribution in [-0.2, 0) is 19.6 Å². The Morgan fingerprint density at radius 1 is 1.21 bits per heavy atom. The number of carbonyl (C=O) groups is 2. The van der Waals surface area contributed by atoms with E-state index in [1.165, 1.54) is 17.4 Å². The van der Waals surface area contributed by atoms with Crippen LogP contribution in [0.25, 0.3) is 0 Å². The van der Waals surface area contributed by atoms with E-state index in [-0.39, 0.29) is 4.90 Å². The third-order valence-corrected chi connectivity index (χ3v) is 5.25. The van der Waals surface area contributed by atoms with Crippen LogP contribution < -0.4 is 0 Å². The van der Waals surface area contributed by atoms with E-state index in [1.54, 1.807) is 13.8 Å². The number of aliphatic carboxylic acids is 2. The molecule has 1 heterocycles. The molecular weight excluding hydrogens is 294 g/mol. The maximum Gasteiger partial charge on any atom is 0.318 e. The highest BCUT2D eigenvalue weighted by molar-refractivity contribution is 7.89. The fourth-order valence-electron chi connectivity index (χ4n) is 1.53. The zero-order valence-corrected chi connectivity index (χ0v) is 11.9. The Balaban J connectivity index is 3.22. The molecule has 0 aliphatic carbocycles. The molecule has 0 saturated carbocycles. The smallest absolute Gasteiger partial charge is 0.318 e. The number of rotatable bonds is 6. The first kappa shape index (κ1) is 15.6. The molecule has 0 unspecified atom stereocenters. The van der Waals surface area contributed by atoms with E-state index < -0.39 is 35.1 Å². The fourth-order valence-corrected chi connectivity index (χ4v) is 4.39. The second kappa shape index (κ2) is 5.68. The standard InChI is InChI=1S/C10H13NO6S2/c1-6-3-8(7(2)18-6)19(16,17)11(4-9(12)13)5-10(14)15/h3H,4-5H2,1-2H3,(H,12,13)(H,14,15). The van der Waals surface area contributed by atoms with Crippen LogP contribution in [0.4, 0.5) is 0 Å². The second-order valence-electron chi connectivity index (χ2n) is 3.84. The van der Waals surface area contributed by atoms with Gasteiger partial charge in [0.1, 0.15) is 13.1 Å². The summed E-state index contributed by atoms with van der Waals surface area (Å²) in [5.74, 6) is -2.82. The number of thiophene rings is 1. The summed E-state index contributed by atoms with van der Waals surface area (Å²) in [6.07, 6.45) is 0. The normalized spacial score (nSPS) is 11.7. The number of carboxylic acid groups (broad SMARTS) is 2. The minimum atomic E-state index is -4.12. The molecule has 0 saturated heterocycles. The molecule has 1 rings (SSSR count). The van der Waals surface area contributed by atoms with Crippen molar-refractivity contribution in [2.45, 2.75) is 18.7 Å². The number of carboxylic acids is 2. The molecule has 19 heavy (non-hydrogen) atoms. The van der Waals surface area contributed by atoms with Crippen molar-refractivity contribution >= 4 is 33.3 Å². The van der Waals surface area contributed by atoms with Crippen LogP contribution in [-0.4, -0.2) is 48.0 Å². The van der Waals surface area contributed by atoms with Gasteiger partial charge in [0.25, 0.3) is 0 Å². The molecule has 0 aromatic carbocycles. The highest BCUT2D eigenvalue weighted by Gasteiger charge is 2.30. The van der Waals surface area contributed by atoms with E-state index >= 15 is 0 Å². The van der Waals surface area contributed by atoms with Crippen molar-refractivity contribution in [2.24, 2.45) is 0 Å². The SMILES string of the molecule is Cc1cc(S(=O)(=O)N(CC(=O)O)CC(=O)O)c(C)s1. The summed E-state index contributed by atoms with van der Waals surface area (Å²) in [5.41, 5.74) is 0. The largest absolute Gasteiger partial charge is 0.480 e. The Hall–Kier alpha value is -1.45. The Kier molecular flexibility index (Phi) is 4.66. The number of hydrogen-bond donors (Lipinski definition) is 2. The molecule has 0 fully saturated rings. The van der Waals surface area contributed by atoms with Gasteiger partial charge >= 0.3 is 11.9 Å². The number of hydrogen-bond acceptors (Lipinski definition) is 5. The molecule has 0 aliphatic heterocycles. The van der Waals surface area contributed by atoms with Crippen molar-refractivity contribution in [1.29, 1.82) is 0 Å². The highest BCUT2D eigenvalue weighted by atomic mass is 32.2. The van der Waals surface area contributed by atoms with Crippen molar-refractivity contribution in [1.82, 2.24) is 4.31 Å². The molecule has 0 bridgehead atoms. The van der Waals surface area contributed by atoms with Gasteiger partial charge in [0.2, 0.25) is 10.0 Å². The van der Waals surface area contributed by atoms with Gasteiger partial charge in [-0.05, 0) is 19.9 Å². The van der Waals surface area contributed by atoms with E-state index in [1.807, 2.05) is 0 Å². The summed E-state index contributed by atoms with van der Waals surface area (Å²) in [5, 5.41) is 17.4. The molecular formula is C10H13NO6S2. The molecule has 0 spiro atoms. The van der Waals surface area contributed by atoms with Crippen LogP contribution in [0.1, 0.15) is 9.75 Å². The average molecular weight is 307 g/mol. The Morgan fingerprint density at radius 2 is 1.68 bits per heavy atom. The van der Waals surface area contributed by atoms with Crippen molar-refractivity contribution in [2.75, 3.05) is 13.1 Å². The van der Waals surface area contributed by atoms with Gasteiger partial charge in [-0.3, -0.25) is 9.59 Å². The van der Waals surface area contributed by atoms with Crippen molar-refractivity contribution < 1.29 is 28.2 Å². The number of aryl methyl sites for hydroxylation is 2. The zero-order valence-electron chi connectivity index (χ0n) is 10.3. The molecule has 106 valence electrons.